The molecule has 0 N–H and O–H groups in total. The average Bonchev–Trinajstić information content (AvgIpc) is 3.04. The van der Waals surface area contributed by atoms with Gasteiger partial charge in [-0.1, -0.05) is 12.8 Å². The molecule has 2 nitrogen and oxygen atoms in total. The van der Waals surface area contributed by atoms with Crippen molar-refractivity contribution in [1.82, 2.24) is 0 Å². The van der Waals surface area contributed by atoms with Gasteiger partial charge in [-0.3, -0.25) is 4.79 Å². The number of carbonyl (C=O) groups excluding carboxylic acids is 1. The van der Waals surface area contributed by atoms with Gasteiger partial charge >= 0.3 is 0 Å². The quantitative estimate of drug-likeness (QED) is 0.732. The van der Waals surface area contributed by atoms with Gasteiger partial charge in [0, 0.05) is 5.92 Å². The van der Waals surface area contributed by atoms with Crippen LogP contribution in [0.1, 0.15) is 50.0 Å². The van der Waals surface area contributed by atoms with Gasteiger partial charge in [0.15, 0.2) is 5.78 Å². The molecule has 1 atom stereocenters. The molecule has 0 amide bonds. The first-order valence-corrected chi connectivity index (χ1v) is 7.05. The predicted molar refractivity (Wildman–Crippen MR) is 71.1 cm³/mol. The van der Waals surface area contributed by atoms with E-state index in [2.05, 4.69) is 0 Å². The Labute approximate surface area is 108 Å². The Bertz CT molecular complexity index is 475. The summed E-state index contributed by atoms with van der Waals surface area (Å²) in [7, 11) is 0. The first kappa shape index (κ1) is 11.8. The van der Waals surface area contributed by atoms with Crippen LogP contribution in [0.25, 0.3) is 6.08 Å². The highest BCUT2D eigenvalue weighted by molar-refractivity contribution is 6.03. The van der Waals surface area contributed by atoms with Gasteiger partial charge < -0.3 is 4.42 Å². The largest absolute Gasteiger partial charge is 0.462 e. The minimum atomic E-state index is 0.301. The van der Waals surface area contributed by atoms with E-state index in [1.165, 1.54) is 25.7 Å². The lowest BCUT2D eigenvalue weighted by molar-refractivity contribution is -0.119. The zero-order valence-electron chi connectivity index (χ0n) is 10.9. The van der Waals surface area contributed by atoms with Crippen LogP contribution in [0.4, 0.5) is 0 Å². The van der Waals surface area contributed by atoms with Crippen molar-refractivity contribution >= 4 is 11.9 Å². The third-order valence-electron chi connectivity index (χ3n) is 4.42. The lowest BCUT2D eigenvalue weighted by atomic mass is 9.88. The van der Waals surface area contributed by atoms with E-state index < -0.39 is 0 Å². The Balaban J connectivity index is 1.75. The molecule has 2 heteroatoms. The van der Waals surface area contributed by atoms with Crippen LogP contribution in [0.15, 0.2) is 22.1 Å². The van der Waals surface area contributed by atoms with Crippen molar-refractivity contribution < 1.29 is 9.21 Å². The minimum absolute atomic E-state index is 0.301. The summed E-state index contributed by atoms with van der Waals surface area (Å²) in [6.07, 6.45) is 9.06. The fraction of sp³-hybridized carbons (Fsp3) is 0.562. The number of carbonyl (C=O) groups is 1. The standard InChI is InChI=1S/C16H20O2/c1-11-6-8-14(18-11)10-13-7-9-15(16(13)17)12-4-2-3-5-12/h6,8,10,12,15H,2-5,7,9H2,1H3/b13-10+/t15-/m1/s1. The average molecular weight is 244 g/mol. The Morgan fingerprint density at radius 1 is 1.22 bits per heavy atom. The second-order valence-corrected chi connectivity index (χ2v) is 5.67. The van der Waals surface area contributed by atoms with Crippen LogP contribution in [-0.2, 0) is 4.79 Å². The zero-order chi connectivity index (χ0) is 12.5. The molecule has 2 aliphatic carbocycles. The van der Waals surface area contributed by atoms with Crippen LogP contribution in [0, 0.1) is 18.8 Å². The molecule has 2 saturated carbocycles. The lowest BCUT2D eigenvalue weighted by Gasteiger charge is -2.15. The van der Waals surface area contributed by atoms with Crippen LogP contribution in [0.5, 0.6) is 0 Å². The lowest BCUT2D eigenvalue weighted by Crippen LogP contribution is -2.16. The van der Waals surface area contributed by atoms with Crippen molar-refractivity contribution in [2.24, 2.45) is 11.8 Å². The molecule has 0 saturated heterocycles. The number of hydrogen-bond donors (Lipinski definition) is 0. The van der Waals surface area contributed by atoms with Crippen molar-refractivity contribution in [2.75, 3.05) is 0 Å². The van der Waals surface area contributed by atoms with Gasteiger partial charge in [0.2, 0.25) is 0 Å². The van der Waals surface area contributed by atoms with E-state index in [0.29, 0.717) is 17.6 Å². The van der Waals surface area contributed by atoms with Crippen LogP contribution in [0.3, 0.4) is 0 Å². The summed E-state index contributed by atoms with van der Waals surface area (Å²) < 4.78 is 5.53. The summed E-state index contributed by atoms with van der Waals surface area (Å²) in [6, 6.07) is 3.89. The number of ketones is 1. The molecule has 2 aliphatic rings. The normalized spacial score (nSPS) is 27.5. The first-order valence-electron chi connectivity index (χ1n) is 7.05. The minimum Gasteiger partial charge on any atom is -0.462 e. The number of rotatable bonds is 2. The van der Waals surface area contributed by atoms with Crippen molar-refractivity contribution in [2.45, 2.75) is 45.4 Å². The van der Waals surface area contributed by atoms with Gasteiger partial charge in [-0.2, -0.15) is 0 Å². The van der Waals surface area contributed by atoms with E-state index in [0.717, 1.165) is 29.9 Å². The molecule has 0 unspecified atom stereocenters. The Morgan fingerprint density at radius 2 is 2.00 bits per heavy atom. The summed E-state index contributed by atoms with van der Waals surface area (Å²) >= 11 is 0. The van der Waals surface area contributed by atoms with Crippen LogP contribution in [-0.4, -0.2) is 5.78 Å². The van der Waals surface area contributed by atoms with Crippen molar-refractivity contribution in [3.63, 3.8) is 0 Å². The number of furan rings is 1. The molecule has 18 heavy (non-hydrogen) atoms. The molecule has 1 heterocycles. The summed E-state index contributed by atoms with van der Waals surface area (Å²) in [5.41, 5.74) is 0.973. The highest BCUT2D eigenvalue weighted by Gasteiger charge is 2.36. The van der Waals surface area contributed by atoms with Gasteiger partial charge in [-0.05, 0) is 62.3 Å². The molecule has 1 aromatic rings. The molecule has 0 spiro atoms. The molecule has 96 valence electrons. The van der Waals surface area contributed by atoms with Gasteiger partial charge in [0.1, 0.15) is 11.5 Å². The Morgan fingerprint density at radius 3 is 2.67 bits per heavy atom. The van der Waals surface area contributed by atoms with E-state index in [9.17, 15) is 4.79 Å². The topological polar surface area (TPSA) is 30.2 Å². The number of hydrogen-bond acceptors (Lipinski definition) is 2. The van der Waals surface area contributed by atoms with Crippen LogP contribution >= 0.6 is 0 Å². The Hall–Kier alpha value is -1.31. The maximum absolute atomic E-state index is 12.4. The monoisotopic (exact) mass is 244 g/mol. The van der Waals surface area contributed by atoms with Gasteiger partial charge in [0.25, 0.3) is 0 Å². The van der Waals surface area contributed by atoms with Crippen molar-refractivity contribution in [3.05, 3.63) is 29.2 Å². The van der Waals surface area contributed by atoms with Crippen molar-refractivity contribution in [3.8, 4) is 0 Å². The second-order valence-electron chi connectivity index (χ2n) is 5.67. The van der Waals surface area contributed by atoms with Crippen molar-refractivity contribution in [1.29, 1.82) is 0 Å². The molecule has 3 rings (SSSR count). The highest BCUT2D eigenvalue weighted by Crippen LogP contribution is 2.40. The smallest absolute Gasteiger partial charge is 0.162 e. The number of aryl methyl sites for hydroxylation is 1. The molecular weight excluding hydrogens is 224 g/mol. The molecule has 2 fully saturated rings. The zero-order valence-corrected chi connectivity index (χ0v) is 10.9. The van der Waals surface area contributed by atoms with E-state index in [-0.39, 0.29) is 0 Å². The van der Waals surface area contributed by atoms with E-state index in [1.54, 1.807) is 0 Å². The van der Waals surface area contributed by atoms with Crippen LogP contribution in [0.2, 0.25) is 0 Å². The maximum Gasteiger partial charge on any atom is 0.162 e. The molecular formula is C16H20O2. The fourth-order valence-corrected chi connectivity index (χ4v) is 3.46. The Kier molecular flexibility index (Phi) is 3.11. The molecule has 0 radical (unpaired) electrons. The molecule has 0 bridgehead atoms. The summed E-state index contributed by atoms with van der Waals surface area (Å²) in [4.78, 5) is 12.4. The highest BCUT2D eigenvalue weighted by atomic mass is 16.3. The summed E-state index contributed by atoms with van der Waals surface area (Å²) in [6.45, 7) is 1.93. The second kappa shape index (κ2) is 4.75. The fourth-order valence-electron chi connectivity index (χ4n) is 3.46. The van der Waals surface area contributed by atoms with Gasteiger partial charge in [0.05, 0.1) is 0 Å². The number of Topliss-reactive ketones (excluding diaryl/α,β-unsaturated/α-hetero) is 1. The van der Waals surface area contributed by atoms with Crippen LogP contribution < -0.4 is 0 Å². The first-order chi connectivity index (χ1) is 8.74. The number of allylic oxidation sites excluding steroid dienone is 1. The maximum atomic E-state index is 12.4. The molecule has 0 aromatic carbocycles. The van der Waals surface area contributed by atoms with E-state index >= 15 is 0 Å². The van der Waals surface area contributed by atoms with Gasteiger partial charge in [-0.25, -0.2) is 0 Å². The van der Waals surface area contributed by atoms with E-state index in [1.807, 2.05) is 25.1 Å². The predicted octanol–water partition coefficient (Wildman–Crippen LogP) is 4.14. The molecule has 1 aromatic heterocycles. The summed E-state index contributed by atoms with van der Waals surface area (Å²) in [5, 5.41) is 0. The third-order valence-corrected chi connectivity index (χ3v) is 4.42. The SMILES string of the molecule is Cc1ccc(/C=C2\CC[C@H](C3CCCC3)C2=O)o1. The summed E-state index contributed by atoms with van der Waals surface area (Å²) in [5.74, 6) is 3.06. The van der Waals surface area contributed by atoms with Gasteiger partial charge in [-0.15, -0.1) is 0 Å². The third kappa shape index (κ3) is 2.16. The molecule has 0 aliphatic heterocycles. The van der Waals surface area contributed by atoms with E-state index in [4.69, 9.17) is 4.42 Å².